The third-order valence-corrected chi connectivity index (χ3v) is 6.46. The van der Waals surface area contributed by atoms with Gasteiger partial charge in [0.15, 0.2) is 23.0 Å². The molecule has 0 amide bonds. The lowest BCUT2D eigenvalue weighted by atomic mass is 9.88. The number of anilines is 3. The monoisotopic (exact) mass is 510 g/mol. The van der Waals surface area contributed by atoms with E-state index in [2.05, 4.69) is 29.8 Å². The molecular weight excluding hydrogens is 480 g/mol. The van der Waals surface area contributed by atoms with Crippen LogP contribution in [0.25, 0.3) is 0 Å². The molecule has 196 valence electrons. The van der Waals surface area contributed by atoms with Crippen LogP contribution < -0.4 is 15.0 Å². The molecule has 1 atom stereocenters. The minimum absolute atomic E-state index is 0.0198. The van der Waals surface area contributed by atoms with E-state index in [0.717, 1.165) is 24.0 Å². The molecule has 1 saturated heterocycles. The minimum Gasteiger partial charge on any atom is -0.623 e. The lowest BCUT2D eigenvalue weighted by Crippen LogP contribution is -2.44. The van der Waals surface area contributed by atoms with E-state index >= 15 is 0 Å². The molecule has 8 nitrogen and oxygen atoms in total. The zero-order chi connectivity index (χ0) is 26.3. The first-order valence-corrected chi connectivity index (χ1v) is 11.8. The molecule has 3 heterocycles. The molecule has 0 saturated carbocycles. The summed E-state index contributed by atoms with van der Waals surface area (Å²) in [6.07, 6.45) is -3.11. The molecule has 0 spiro atoms. The van der Waals surface area contributed by atoms with Crippen molar-refractivity contribution in [2.45, 2.75) is 46.0 Å². The van der Waals surface area contributed by atoms with Crippen LogP contribution in [0.3, 0.4) is 0 Å². The number of likely N-dealkylation sites (N-methyl/N-ethyl adjacent to an activating group) is 1. The van der Waals surface area contributed by atoms with Crippen molar-refractivity contribution in [1.82, 2.24) is 14.9 Å². The number of halogens is 4. The van der Waals surface area contributed by atoms with Gasteiger partial charge in [-0.05, 0) is 25.2 Å². The number of rotatable bonds is 5. The number of nitrogens with zero attached hydrogens (tertiary/aromatic N) is 5. The molecule has 36 heavy (non-hydrogen) atoms. The largest absolute Gasteiger partial charge is 0.623 e. The number of alkyl halides is 3. The summed E-state index contributed by atoms with van der Waals surface area (Å²) in [5.41, 5.74) is 0.840. The first kappa shape index (κ1) is 25.9. The average molecular weight is 511 g/mol. The highest BCUT2D eigenvalue weighted by Crippen LogP contribution is 2.37. The van der Waals surface area contributed by atoms with E-state index in [1.807, 2.05) is 27.8 Å². The SMILES string of the molecule is CN1CCN(c2ccc(OC(F)(F)F)c(Nc3ncc(F)c(C4CCC(C(C)(C)C)=[N+]4[O-])n3)c2)CC1. The van der Waals surface area contributed by atoms with Crippen LogP contribution in [-0.2, 0) is 0 Å². The molecule has 4 rings (SSSR count). The summed E-state index contributed by atoms with van der Waals surface area (Å²) >= 11 is 0. The summed E-state index contributed by atoms with van der Waals surface area (Å²) in [6, 6.07) is 3.48. The van der Waals surface area contributed by atoms with E-state index in [1.54, 1.807) is 6.07 Å². The number of piperazine rings is 1. The number of aromatic nitrogens is 2. The minimum atomic E-state index is -4.91. The van der Waals surface area contributed by atoms with Gasteiger partial charge in [-0.2, -0.15) is 0 Å². The Morgan fingerprint density at radius 1 is 1.14 bits per heavy atom. The lowest BCUT2D eigenvalue weighted by Gasteiger charge is -2.34. The maximum Gasteiger partial charge on any atom is 0.573 e. The van der Waals surface area contributed by atoms with Crippen LogP contribution in [0.5, 0.6) is 5.75 Å². The summed E-state index contributed by atoms with van der Waals surface area (Å²) in [5.74, 6) is -1.35. The molecule has 12 heteroatoms. The van der Waals surface area contributed by atoms with E-state index < -0.39 is 24.0 Å². The zero-order valence-corrected chi connectivity index (χ0v) is 20.7. The average Bonchev–Trinajstić information content (AvgIpc) is 3.17. The Kier molecular flexibility index (Phi) is 7.00. The quantitative estimate of drug-likeness (QED) is 0.350. The van der Waals surface area contributed by atoms with Gasteiger partial charge in [0.25, 0.3) is 0 Å². The van der Waals surface area contributed by atoms with Gasteiger partial charge in [0.2, 0.25) is 12.0 Å². The van der Waals surface area contributed by atoms with Crippen molar-refractivity contribution in [3.63, 3.8) is 0 Å². The Hall–Kier alpha value is -3.15. The van der Waals surface area contributed by atoms with Crippen LogP contribution in [-0.4, -0.2) is 64.9 Å². The van der Waals surface area contributed by atoms with Crippen LogP contribution in [0.1, 0.15) is 45.3 Å². The van der Waals surface area contributed by atoms with Gasteiger partial charge < -0.3 is 25.1 Å². The molecule has 1 aromatic carbocycles. The lowest BCUT2D eigenvalue weighted by molar-refractivity contribution is -0.503. The van der Waals surface area contributed by atoms with Gasteiger partial charge in [0, 0.05) is 50.1 Å². The molecule has 0 bridgehead atoms. The molecular formula is C24H30F4N6O2. The zero-order valence-electron chi connectivity index (χ0n) is 20.7. The van der Waals surface area contributed by atoms with E-state index in [1.165, 1.54) is 12.1 Å². The number of hydroxylamine groups is 1. The number of hydrogen-bond donors (Lipinski definition) is 1. The Morgan fingerprint density at radius 3 is 2.44 bits per heavy atom. The molecule has 1 N–H and O–H groups in total. The summed E-state index contributed by atoms with van der Waals surface area (Å²) in [7, 11) is 2.00. The van der Waals surface area contributed by atoms with Gasteiger partial charge in [-0.15, -0.1) is 13.2 Å². The van der Waals surface area contributed by atoms with Crippen LogP contribution in [0, 0.1) is 16.4 Å². The number of hydrogen-bond acceptors (Lipinski definition) is 7. The predicted octanol–water partition coefficient (Wildman–Crippen LogP) is 4.84. The van der Waals surface area contributed by atoms with Gasteiger partial charge in [0.1, 0.15) is 0 Å². The van der Waals surface area contributed by atoms with Crippen molar-refractivity contribution < 1.29 is 27.0 Å². The van der Waals surface area contributed by atoms with E-state index in [-0.39, 0.29) is 22.7 Å². The molecule has 1 aromatic heterocycles. The van der Waals surface area contributed by atoms with Gasteiger partial charge in [-0.3, -0.25) is 0 Å². The highest BCUT2D eigenvalue weighted by atomic mass is 19.4. The van der Waals surface area contributed by atoms with Crippen LogP contribution >= 0.6 is 0 Å². The van der Waals surface area contributed by atoms with Crippen molar-refractivity contribution in [1.29, 1.82) is 0 Å². The first-order valence-electron chi connectivity index (χ1n) is 11.8. The summed E-state index contributed by atoms with van der Waals surface area (Å²) in [5, 5.41) is 15.7. The Morgan fingerprint density at radius 2 is 1.83 bits per heavy atom. The van der Waals surface area contributed by atoms with E-state index in [9.17, 15) is 22.8 Å². The van der Waals surface area contributed by atoms with Gasteiger partial charge in [0.05, 0.1) is 11.9 Å². The fraction of sp³-hybridized carbons (Fsp3) is 0.542. The van der Waals surface area contributed by atoms with Crippen molar-refractivity contribution in [2.75, 3.05) is 43.4 Å². The van der Waals surface area contributed by atoms with Crippen molar-refractivity contribution >= 4 is 23.0 Å². The smallest absolute Gasteiger partial charge is 0.573 e. The summed E-state index contributed by atoms with van der Waals surface area (Å²) < 4.78 is 58.9. The third-order valence-electron chi connectivity index (χ3n) is 6.46. The molecule has 0 radical (unpaired) electrons. The Bertz CT molecular complexity index is 1140. The third kappa shape index (κ3) is 5.80. The maximum atomic E-state index is 14.7. The fourth-order valence-electron chi connectivity index (χ4n) is 4.53. The van der Waals surface area contributed by atoms with E-state index in [0.29, 0.717) is 37.3 Å². The van der Waals surface area contributed by atoms with Crippen molar-refractivity contribution in [2.24, 2.45) is 5.41 Å². The second-order valence-electron chi connectivity index (χ2n) is 10.1. The van der Waals surface area contributed by atoms with Crippen LogP contribution in [0.15, 0.2) is 24.4 Å². The molecule has 0 aliphatic carbocycles. The topological polar surface area (TPSA) is 79.6 Å². The highest BCUT2D eigenvalue weighted by Gasteiger charge is 2.39. The summed E-state index contributed by atoms with van der Waals surface area (Å²) in [4.78, 5) is 12.3. The van der Waals surface area contributed by atoms with E-state index in [4.69, 9.17) is 0 Å². The van der Waals surface area contributed by atoms with Crippen molar-refractivity contribution in [3.05, 3.63) is 41.1 Å². The molecule has 2 aromatic rings. The molecule has 2 aliphatic heterocycles. The number of benzene rings is 1. The molecule has 1 unspecified atom stereocenters. The van der Waals surface area contributed by atoms with Gasteiger partial charge >= 0.3 is 6.36 Å². The van der Waals surface area contributed by atoms with Crippen molar-refractivity contribution in [3.8, 4) is 5.75 Å². The van der Waals surface area contributed by atoms with Gasteiger partial charge in [-0.1, -0.05) is 20.8 Å². The molecule has 1 fully saturated rings. The Labute approximate surface area is 207 Å². The number of nitrogens with one attached hydrogen (secondary N) is 1. The standard InChI is InChI=1S/C24H30F4N6O2/c1-23(2,3)20-8-6-18(34(20)35)21-16(25)14-29-22(31-21)30-17-13-15(33-11-9-32(4)10-12-33)5-7-19(17)36-24(26,27)28/h5,7,13-14,18H,6,8-12H2,1-4H3,(H,29,30,31). The highest BCUT2D eigenvalue weighted by molar-refractivity contribution is 5.86. The maximum absolute atomic E-state index is 14.7. The second kappa shape index (κ2) is 9.72. The number of ether oxygens (including phenoxy) is 1. The summed E-state index contributed by atoms with van der Waals surface area (Å²) in [6.45, 7) is 8.78. The van der Waals surface area contributed by atoms with Crippen LogP contribution in [0.2, 0.25) is 0 Å². The second-order valence-corrected chi connectivity index (χ2v) is 10.1. The Balaban J connectivity index is 1.66. The van der Waals surface area contributed by atoms with Gasteiger partial charge in [-0.25, -0.2) is 19.1 Å². The predicted molar refractivity (Wildman–Crippen MR) is 128 cm³/mol. The first-order chi connectivity index (χ1) is 16.8. The fourth-order valence-corrected chi connectivity index (χ4v) is 4.53. The normalized spacial score (nSPS) is 19.7. The van der Waals surface area contributed by atoms with Crippen LogP contribution in [0.4, 0.5) is 34.9 Å². The molecule has 2 aliphatic rings.